The van der Waals surface area contributed by atoms with Crippen LogP contribution in [0.4, 0.5) is 0 Å². The van der Waals surface area contributed by atoms with E-state index in [0.29, 0.717) is 31.8 Å². The normalized spacial score (nSPS) is 11.9. The Balaban J connectivity index is 2.96. The van der Waals surface area contributed by atoms with Crippen molar-refractivity contribution >= 4 is 11.8 Å². The smallest absolute Gasteiger partial charge is 0.242 e. The molecule has 0 aliphatic carbocycles. The largest absolute Gasteiger partial charge is 0.497 e. The second kappa shape index (κ2) is 9.96. The van der Waals surface area contributed by atoms with Crippen LogP contribution in [0.25, 0.3) is 0 Å². The van der Waals surface area contributed by atoms with Gasteiger partial charge in [0.2, 0.25) is 11.8 Å². The summed E-state index contributed by atoms with van der Waals surface area (Å²) in [6.45, 7) is 8.86. The minimum absolute atomic E-state index is 0.0237. The highest BCUT2D eigenvalue weighted by Gasteiger charge is 2.27. The van der Waals surface area contributed by atoms with Crippen molar-refractivity contribution in [3.63, 3.8) is 0 Å². The standard InChI is InChI=1S/C19H30N2O3/c1-6-17(19(23)20-12-14(3)4)21(18(22)7-2)13-15-9-8-10-16(11-15)24-5/h8-11,14,17H,6-7,12-13H2,1-5H3,(H,20,23)/t17-/m1/s1. The minimum atomic E-state index is -0.456. The van der Waals surface area contributed by atoms with Crippen molar-refractivity contribution in [3.05, 3.63) is 29.8 Å². The molecule has 0 heterocycles. The van der Waals surface area contributed by atoms with Crippen LogP contribution in [0.2, 0.25) is 0 Å². The van der Waals surface area contributed by atoms with Crippen LogP contribution in [0.15, 0.2) is 24.3 Å². The van der Waals surface area contributed by atoms with Crippen molar-refractivity contribution in [1.29, 1.82) is 0 Å². The first kappa shape index (κ1) is 20.0. The summed E-state index contributed by atoms with van der Waals surface area (Å²) in [7, 11) is 1.61. The molecule has 1 atom stereocenters. The third-order valence-corrected chi connectivity index (χ3v) is 3.86. The summed E-state index contributed by atoms with van der Waals surface area (Å²) in [6.07, 6.45) is 0.956. The predicted octanol–water partition coefficient (Wildman–Crippen LogP) is 2.98. The zero-order chi connectivity index (χ0) is 18.1. The van der Waals surface area contributed by atoms with Gasteiger partial charge < -0.3 is 15.0 Å². The first-order valence-corrected chi connectivity index (χ1v) is 8.62. The first-order valence-electron chi connectivity index (χ1n) is 8.62. The van der Waals surface area contributed by atoms with Gasteiger partial charge >= 0.3 is 0 Å². The summed E-state index contributed by atoms with van der Waals surface area (Å²) >= 11 is 0. The number of amides is 2. The van der Waals surface area contributed by atoms with E-state index in [1.165, 1.54) is 0 Å². The second-order valence-corrected chi connectivity index (χ2v) is 6.29. The molecule has 1 aromatic rings. The highest BCUT2D eigenvalue weighted by Crippen LogP contribution is 2.17. The van der Waals surface area contributed by atoms with Gasteiger partial charge in [0.15, 0.2) is 0 Å². The van der Waals surface area contributed by atoms with Gasteiger partial charge in [-0.2, -0.15) is 0 Å². The number of methoxy groups -OCH3 is 1. The lowest BCUT2D eigenvalue weighted by atomic mass is 10.1. The molecule has 1 aromatic carbocycles. The summed E-state index contributed by atoms with van der Waals surface area (Å²) in [6, 6.07) is 7.14. The van der Waals surface area contributed by atoms with Crippen LogP contribution in [0.3, 0.4) is 0 Å². The number of rotatable bonds is 9. The molecule has 0 spiro atoms. The van der Waals surface area contributed by atoms with Crippen LogP contribution in [-0.4, -0.2) is 36.4 Å². The molecule has 134 valence electrons. The van der Waals surface area contributed by atoms with E-state index in [1.54, 1.807) is 12.0 Å². The maximum atomic E-state index is 12.5. The average Bonchev–Trinajstić information content (AvgIpc) is 2.59. The summed E-state index contributed by atoms with van der Waals surface area (Å²) in [5, 5.41) is 2.94. The lowest BCUT2D eigenvalue weighted by Crippen LogP contribution is -2.49. The molecule has 0 fully saturated rings. The van der Waals surface area contributed by atoms with Gasteiger partial charge in [-0.25, -0.2) is 0 Å². The van der Waals surface area contributed by atoms with E-state index < -0.39 is 6.04 Å². The minimum Gasteiger partial charge on any atom is -0.497 e. The molecule has 0 aliphatic rings. The number of nitrogens with zero attached hydrogens (tertiary/aromatic N) is 1. The maximum absolute atomic E-state index is 12.5. The SMILES string of the molecule is CCC(=O)N(Cc1cccc(OC)c1)[C@H](CC)C(=O)NCC(C)C. The average molecular weight is 334 g/mol. The van der Waals surface area contributed by atoms with Crippen molar-refractivity contribution < 1.29 is 14.3 Å². The van der Waals surface area contributed by atoms with Crippen LogP contribution in [0.5, 0.6) is 5.75 Å². The molecule has 5 heteroatoms. The summed E-state index contributed by atoms with van der Waals surface area (Å²) in [5.74, 6) is 1.01. The Hall–Kier alpha value is -2.04. The van der Waals surface area contributed by atoms with Crippen LogP contribution in [0.1, 0.15) is 46.1 Å². The van der Waals surface area contributed by atoms with Gasteiger partial charge in [-0.3, -0.25) is 9.59 Å². The Bertz CT molecular complexity index is 543. The fourth-order valence-electron chi connectivity index (χ4n) is 2.51. The van der Waals surface area contributed by atoms with Gasteiger partial charge in [0.1, 0.15) is 11.8 Å². The molecule has 0 saturated heterocycles. The Kier molecular flexibility index (Phi) is 8.30. The first-order chi connectivity index (χ1) is 11.4. The number of hydrogen-bond donors (Lipinski definition) is 1. The van der Waals surface area contributed by atoms with Crippen LogP contribution >= 0.6 is 0 Å². The van der Waals surface area contributed by atoms with Crippen LogP contribution < -0.4 is 10.1 Å². The molecule has 0 saturated carbocycles. The zero-order valence-electron chi connectivity index (χ0n) is 15.5. The molecule has 0 radical (unpaired) electrons. The van der Waals surface area contributed by atoms with E-state index in [0.717, 1.165) is 11.3 Å². The van der Waals surface area contributed by atoms with Gasteiger partial charge in [-0.05, 0) is 30.0 Å². The van der Waals surface area contributed by atoms with E-state index >= 15 is 0 Å². The lowest BCUT2D eigenvalue weighted by molar-refractivity contribution is -0.141. The summed E-state index contributed by atoms with van der Waals surface area (Å²) < 4.78 is 5.24. The summed E-state index contributed by atoms with van der Waals surface area (Å²) in [4.78, 5) is 26.6. The monoisotopic (exact) mass is 334 g/mol. The molecule has 24 heavy (non-hydrogen) atoms. The number of nitrogens with one attached hydrogen (secondary N) is 1. The summed E-state index contributed by atoms with van der Waals surface area (Å²) in [5.41, 5.74) is 0.950. The second-order valence-electron chi connectivity index (χ2n) is 6.29. The lowest BCUT2D eigenvalue weighted by Gasteiger charge is -2.30. The van der Waals surface area contributed by atoms with Gasteiger partial charge in [0, 0.05) is 19.5 Å². The van der Waals surface area contributed by atoms with Crippen molar-refractivity contribution in [2.45, 2.75) is 53.1 Å². The van der Waals surface area contributed by atoms with Crippen molar-refractivity contribution in [2.24, 2.45) is 5.92 Å². The maximum Gasteiger partial charge on any atom is 0.242 e. The van der Waals surface area contributed by atoms with Gasteiger partial charge in [0.05, 0.1) is 7.11 Å². The van der Waals surface area contributed by atoms with Crippen LogP contribution in [0, 0.1) is 5.92 Å². The fraction of sp³-hybridized carbons (Fsp3) is 0.579. The molecule has 1 rings (SSSR count). The Morgan fingerprint density at radius 1 is 1.25 bits per heavy atom. The van der Waals surface area contributed by atoms with Crippen molar-refractivity contribution in [1.82, 2.24) is 10.2 Å². The number of ether oxygens (including phenoxy) is 1. The number of carbonyl (C=O) groups is 2. The highest BCUT2D eigenvalue weighted by molar-refractivity contribution is 5.87. The Morgan fingerprint density at radius 2 is 1.96 bits per heavy atom. The third kappa shape index (κ3) is 5.87. The molecule has 0 bridgehead atoms. The van der Waals surface area contributed by atoms with E-state index in [1.807, 2.05) is 52.0 Å². The Morgan fingerprint density at radius 3 is 2.50 bits per heavy atom. The molecule has 0 aliphatic heterocycles. The Labute approximate surface area is 145 Å². The molecule has 0 unspecified atom stereocenters. The quantitative estimate of drug-likeness (QED) is 0.755. The predicted molar refractivity (Wildman–Crippen MR) is 95.8 cm³/mol. The van der Waals surface area contributed by atoms with E-state index in [4.69, 9.17) is 4.74 Å². The van der Waals surface area contributed by atoms with Crippen molar-refractivity contribution in [2.75, 3.05) is 13.7 Å². The highest BCUT2D eigenvalue weighted by atomic mass is 16.5. The molecular weight excluding hydrogens is 304 g/mol. The molecule has 5 nitrogen and oxygen atoms in total. The number of hydrogen-bond acceptors (Lipinski definition) is 3. The number of carbonyl (C=O) groups excluding carboxylic acids is 2. The van der Waals surface area contributed by atoms with E-state index in [9.17, 15) is 9.59 Å². The molecule has 1 N–H and O–H groups in total. The fourth-order valence-corrected chi connectivity index (χ4v) is 2.51. The topological polar surface area (TPSA) is 58.6 Å². The third-order valence-electron chi connectivity index (χ3n) is 3.86. The molecule has 0 aromatic heterocycles. The van der Waals surface area contributed by atoms with Gasteiger partial charge in [-0.15, -0.1) is 0 Å². The zero-order valence-corrected chi connectivity index (χ0v) is 15.5. The van der Waals surface area contributed by atoms with Crippen molar-refractivity contribution in [3.8, 4) is 5.75 Å². The molecular formula is C19H30N2O3. The van der Waals surface area contributed by atoms with Gasteiger partial charge in [0.25, 0.3) is 0 Å². The van der Waals surface area contributed by atoms with Crippen LogP contribution in [-0.2, 0) is 16.1 Å². The van der Waals surface area contributed by atoms with E-state index in [2.05, 4.69) is 5.32 Å². The number of benzene rings is 1. The molecule has 2 amide bonds. The van der Waals surface area contributed by atoms with Gasteiger partial charge in [-0.1, -0.05) is 39.8 Å². The van der Waals surface area contributed by atoms with E-state index in [-0.39, 0.29) is 11.8 Å².